The molecule has 1 rings (SSSR count). The van der Waals surface area contributed by atoms with Gasteiger partial charge in [0.15, 0.2) is 0 Å². The summed E-state index contributed by atoms with van der Waals surface area (Å²) in [6.07, 6.45) is 8.03. The highest BCUT2D eigenvalue weighted by Gasteiger charge is 1.85. The number of hydrogen-bond acceptors (Lipinski definition) is 0. The molecule has 0 radical (unpaired) electrons. The molecule has 0 heterocycles. The first-order chi connectivity index (χ1) is 5.83. The van der Waals surface area contributed by atoms with Crippen LogP contribution in [0.15, 0.2) is 42.5 Å². The van der Waals surface area contributed by atoms with Crippen molar-refractivity contribution < 1.29 is 0 Å². The second-order valence-corrected chi connectivity index (χ2v) is 2.87. The maximum Gasteiger partial charge on any atom is 0.0406 e. The lowest BCUT2D eigenvalue weighted by Crippen LogP contribution is -1.68. The molecule has 0 aromatic heterocycles. The quantitative estimate of drug-likeness (QED) is 0.602. The minimum Gasteiger partial charge on any atom is -0.0877 e. The molecule has 0 unspecified atom stereocenters. The lowest BCUT2D eigenvalue weighted by molar-refractivity contribution is 1.65. The summed E-state index contributed by atoms with van der Waals surface area (Å²) in [7, 11) is 0. The van der Waals surface area contributed by atoms with Crippen LogP contribution < -0.4 is 0 Å². The third-order valence-electron chi connectivity index (χ3n) is 1.46. The van der Waals surface area contributed by atoms with Gasteiger partial charge in [0.2, 0.25) is 0 Å². The van der Waals surface area contributed by atoms with E-state index in [9.17, 15) is 0 Å². The molecule has 0 atom stereocenters. The molecule has 0 saturated heterocycles. The molecule has 12 heavy (non-hydrogen) atoms. The van der Waals surface area contributed by atoms with Crippen LogP contribution in [-0.2, 0) is 0 Å². The van der Waals surface area contributed by atoms with Gasteiger partial charge in [-0.3, -0.25) is 0 Å². The number of hydrogen-bond donors (Lipinski definition) is 0. The molecule has 0 fully saturated rings. The monoisotopic (exact) mass is 178 g/mol. The van der Waals surface area contributed by atoms with Crippen molar-refractivity contribution in [3.05, 3.63) is 53.1 Å². The van der Waals surface area contributed by atoms with Crippen molar-refractivity contribution in [2.75, 3.05) is 0 Å². The van der Waals surface area contributed by atoms with Crippen molar-refractivity contribution in [3.63, 3.8) is 0 Å². The van der Waals surface area contributed by atoms with Gasteiger partial charge in [-0.25, -0.2) is 0 Å². The Bertz CT molecular complexity index is 280. The molecule has 0 saturated carbocycles. The van der Waals surface area contributed by atoms with Crippen molar-refractivity contribution in [2.45, 2.75) is 6.92 Å². The fourth-order valence-electron chi connectivity index (χ4n) is 0.852. The van der Waals surface area contributed by atoms with E-state index in [1.165, 1.54) is 0 Å². The molecule has 62 valence electrons. The van der Waals surface area contributed by atoms with Crippen molar-refractivity contribution in [1.82, 2.24) is 0 Å². The summed E-state index contributed by atoms with van der Waals surface area (Å²) in [5.74, 6) is 0. The molecule has 0 aliphatic carbocycles. The van der Waals surface area contributed by atoms with E-state index >= 15 is 0 Å². The Hall–Kier alpha value is -1.01. The minimum atomic E-state index is 0.776. The summed E-state index contributed by atoms with van der Waals surface area (Å²) in [5.41, 5.74) is 1.16. The first-order valence-electron chi connectivity index (χ1n) is 3.88. The third-order valence-corrected chi connectivity index (χ3v) is 1.71. The third kappa shape index (κ3) is 2.93. The second kappa shape index (κ2) is 4.78. The van der Waals surface area contributed by atoms with Crippen LogP contribution in [0, 0.1) is 0 Å². The average Bonchev–Trinajstić information content (AvgIpc) is 2.09. The minimum absolute atomic E-state index is 0.776. The van der Waals surface area contributed by atoms with Gasteiger partial charge in [0, 0.05) is 5.02 Å². The predicted octanol–water partition coefficient (Wildman–Crippen LogP) is 3.93. The predicted molar refractivity (Wildman–Crippen MR) is 55.3 cm³/mol. The van der Waals surface area contributed by atoms with E-state index in [1.807, 2.05) is 55.5 Å². The summed E-state index contributed by atoms with van der Waals surface area (Å²) in [6, 6.07) is 7.75. The van der Waals surface area contributed by atoms with Crippen LogP contribution in [0.1, 0.15) is 12.5 Å². The normalized spacial score (nSPS) is 11.5. The maximum absolute atomic E-state index is 5.73. The van der Waals surface area contributed by atoms with Crippen LogP contribution >= 0.6 is 11.6 Å². The molecule has 0 N–H and O–H groups in total. The Morgan fingerprint density at radius 1 is 1.08 bits per heavy atom. The second-order valence-electron chi connectivity index (χ2n) is 2.44. The fraction of sp³-hybridized carbons (Fsp3) is 0.0909. The first kappa shape index (κ1) is 9.08. The molecule has 0 bridgehead atoms. The highest BCUT2D eigenvalue weighted by Crippen LogP contribution is 2.10. The molecule has 1 aromatic rings. The Balaban J connectivity index is 2.70. The van der Waals surface area contributed by atoms with Gasteiger partial charge in [-0.15, -0.1) is 0 Å². The van der Waals surface area contributed by atoms with Gasteiger partial charge in [-0.1, -0.05) is 48.0 Å². The Morgan fingerprint density at radius 2 is 1.75 bits per heavy atom. The highest BCUT2D eigenvalue weighted by atomic mass is 35.5. The zero-order valence-corrected chi connectivity index (χ0v) is 7.75. The van der Waals surface area contributed by atoms with Crippen molar-refractivity contribution >= 4 is 17.7 Å². The van der Waals surface area contributed by atoms with Crippen molar-refractivity contribution in [1.29, 1.82) is 0 Å². The van der Waals surface area contributed by atoms with Gasteiger partial charge < -0.3 is 0 Å². The molecular weight excluding hydrogens is 168 g/mol. The van der Waals surface area contributed by atoms with E-state index in [2.05, 4.69) is 0 Å². The molecule has 0 spiro atoms. The van der Waals surface area contributed by atoms with Crippen LogP contribution in [0.2, 0.25) is 5.02 Å². The topological polar surface area (TPSA) is 0 Å². The average molecular weight is 179 g/mol. The first-order valence-corrected chi connectivity index (χ1v) is 4.25. The standard InChI is InChI=1S/C11H11Cl/c1-2-3-4-5-10-6-8-11(12)9-7-10/h2-9H,1H3/b3-2+,5-4+. The van der Waals surface area contributed by atoms with E-state index in [4.69, 9.17) is 11.6 Å². The van der Waals surface area contributed by atoms with Crippen LogP contribution in [0.5, 0.6) is 0 Å². The van der Waals surface area contributed by atoms with E-state index in [0.717, 1.165) is 10.6 Å². The van der Waals surface area contributed by atoms with E-state index < -0.39 is 0 Å². The number of allylic oxidation sites excluding steroid dienone is 3. The van der Waals surface area contributed by atoms with E-state index in [-0.39, 0.29) is 0 Å². The van der Waals surface area contributed by atoms with Crippen molar-refractivity contribution in [3.8, 4) is 0 Å². The largest absolute Gasteiger partial charge is 0.0877 e. The molecule has 0 aliphatic rings. The SMILES string of the molecule is C/C=C/C=C/c1ccc(Cl)cc1. The molecule has 1 heteroatoms. The van der Waals surface area contributed by atoms with Crippen LogP contribution in [0.25, 0.3) is 6.08 Å². The molecular formula is C11H11Cl. The van der Waals surface area contributed by atoms with Crippen molar-refractivity contribution in [2.24, 2.45) is 0 Å². The van der Waals surface area contributed by atoms with Gasteiger partial charge >= 0.3 is 0 Å². The summed E-state index contributed by atoms with van der Waals surface area (Å²) >= 11 is 5.73. The smallest absolute Gasteiger partial charge is 0.0406 e. The number of benzene rings is 1. The lowest BCUT2D eigenvalue weighted by Gasteiger charge is -1.91. The summed E-state index contributed by atoms with van der Waals surface area (Å²) < 4.78 is 0. The summed E-state index contributed by atoms with van der Waals surface area (Å²) in [4.78, 5) is 0. The Kier molecular flexibility index (Phi) is 3.62. The maximum atomic E-state index is 5.73. The summed E-state index contributed by atoms with van der Waals surface area (Å²) in [5, 5.41) is 0.776. The lowest BCUT2D eigenvalue weighted by atomic mass is 10.2. The molecule has 0 nitrogen and oxygen atoms in total. The van der Waals surface area contributed by atoms with Crippen LogP contribution in [0.3, 0.4) is 0 Å². The zero-order chi connectivity index (χ0) is 8.81. The van der Waals surface area contributed by atoms with Crippen LogP contribution in [0.4, 0.5) is 0 Å². The summed E-state index contributed by atoms with van der Waals surface area (Å²) in [6.45, 7) is 1.99. The highest BCUT2D eigenvalue weighted by molar-refractivity contribution is 6.30. The Labute approximate surface area is 78.2 Å². The number of rotatable bonds is 2. The van der Waals surface area contributed by atoms with Gasteiger partial charge in [0.25, 0.3) is 0 Å². The molecule has 0 aliphatic heterocycles. The van der Waals surface area contributed by atoms with Crippen LogP contribution in [-0.4, -0.2) is 0 Å². The van der Waals surface area contributed by atoms with Gasteiger partial charge in [-0.05, 0) is 24.6 Å². The fourth-order valence-corrected chi connectivity index (χ4v) is 0.978. The molecule has 1 aromatic carbocycles. The molecule has 0 amide bonds. The van der Waals surface area contributed by atoms with Gasteiger partial charge in [0.05, 0.1) is 0 Å². The number of halogens is 1. The Morgan fingerprint density at radius 3 is 2.33 bits per heavy atom. The zero-order valence-electron chi connectivity index (χ0n) is 7.00. The van der Waals surface area contributed by atoms with Gasteiger partial charge in [-0.2, -0.15) is 0 Å². The van der Waals surface area contributed by atoms with E-state index in [1.54, 1.807) is 0 Å². The van der Waals surface area contributed by atoms with E-state index in [0.29, 0.717) is 0 Å². The van der Waals surface area contributed by atoms with Gasteiger partial charge in [0.1, 0.15) is 0 Å².